The number of ether oxygens (including phenoxy) is 1. The first-order valence-corrected chi connectivity index (χ1v) is 7.82. The molecule has 0 saturated carbocycles. The number of hydrogen-bond acceptors (Lipinski definition) is 4. The Hall–Kier alpha value is -3.03. The number of methoxy groups -OCH3 is 1. The third kappa shape index (κ3) is 3.96. The van der Waals surface area contributed by atoms with Crippen LogP contribution < -0.4 is 5.32 Å². The van der Waals surface area contributed by atoms with Crippen LogP contribution >= 0.6 is 0 Å². The second-order valence-corrected chi connectivity index (χ2v) is 5.72. The van der Waals surface area contributed by atoms with Crippen molar-refractivity contribution in [1.29, 1.82) is 0 Å². The zero-order valence-electron chi connectivity index (χ0n) is 13.8. The van der Waals surface area contributed by atoms with Gasteiger partial charge in [-0.1, -0.05) is 30.3 Å². The van der Waals surface area contributed by atoms with Crippen LogP contribution in [0.25, 0.3) is 11.0 Å². The summed E-state index contributed by atoms with van der Waals surface area (Å²) in [6.45, 7) is 0. The fourth-order valence-electron chi connectivity index (χ4n) is 2.63. The van der Waals surface area contributed by atoms with Gasteiger partial charge in [-0.15, -0.1) is 0 Å². The van der Waals surface area contributed by atoms with E-state index >= 15 is 0 Å². The Morgan fingerprint density at radius 2 is 2.00 bits per heavy atom. The van der Waals surface area contributed by atoms with Crippen LogP contribution in [0.1, 0.15) is 11.1 Å². The van der Waals surface area contributed by atoms with Crippen LogP contribution in [0.5, 0.6) is 0 Å². The molecule has 136 valence electrons. The first kappa shape index (κ1) is 17.8. The normalized spacial score (nSPS) is 12.8. The Morgan fingerprint density at radius 3 is 2.69 bits per heavy atom. The second kappa shape index (κ2) is 7.07. The highest BCUT2D eigenvalue weighted by atomic mass is 19.4. The number of nitrogens with zero attached hydrogens (tertiary/aromatic N) is 1. The molecular formula is C18H16F3N3O2. The van der Waals surface area contributed by atoms with Crippen LogP contribution in [-0.2, 0) is 22.1 Å². The molecule has 26 heavy (non-hydrogen) atoms. The highest BCUT2D eigenvalue weighted by Crippen LogP contribution is 2.30. The Kier molecular flexibility index (Phi) is 4.83. The summed E-state index contributed by atoms with van der Waals surface area (Å²) in [6.07, 6.45) is -4.42. The van der Waals surface area contributed by atoms with Crippen molar-refractivity contribution in [2.24, 2.45) is 0 Å². The number of rotatable bonds is 5. The molecule has 2 aromatic carbocycles. The van der Waals surface area contributed by atoms with Crippen molar-refractivity contribution in [2.75, 3.05) is 12.4 Å². The number of esters is 1. The maximum absolute atomic E-state index is 12.9. The molecule has 0 fully saturated rings. The van der Waals surface area contributed by atoms with Gasteiger partial charge >= 0.3 is 12.1 Å². The molecule has 0 radical (unpaired) electrons. The van der Waals surface area contributed by atoms with Gasteiger partial charge < -0.3 is 15.0 Å². The number of carbonyl (C=O) groups excluding carboxylic acids is 1. The standard InChI is InChI=1S/C18H16F3N3O2/c1-26-16(25)15(10-11-5-4-6-12(9-11)18(19,20)21)24-17-22-13-7-2-3-8-14(13)23-17/h2-9,15H,10H2,1H3,(H2,22,23,24). The number of fused-ring (bicyclic) bond motifs is 1. The fraction of sp³-hybridized carbons (Fsp3) is 0.222. The molecule has 0 aliphatic rings. The summed E-state index contributed by atoms with van der Waals surface area (Å²) in [6, 6.07) is 11.3. The number of para-hydroxylation sites is 2. The minimum absolute atomic E-state index is 0.0215. The summed E-state index contributed by atoms with van der Waals surface area (Å²) in [5.41, 5.74) is 1.08. The lowest BCUT2D eigenvalue weighted by Gasteiger charge is -2.17. The predicted octanol–water partition coefficient (Wildman–Crippen LogP) is 3.78. The average Bonchev–Trinajstić information content (AvgIpc) is 3.02. The lowest BCUT2D eigenvalue weighted by atomic mass is 10.0. The Morgan fingerprint density at radius 1 is 1.23 bits per heavy atom. The van der Waals surface area contributed by atoms with Gasteiger partial charge in [0.25, 0.3) is 0 Å². The molecule has 0 aliphatic heterocycles. The lowest BCUT2D eigenvalue weighted by molar-refractivity contribution is -0.141. The van der Waals surface area contributed by atoms with E-state index in [4.69, 9.17) is 4.74 Å². The zero-order valence-corrected chi connectivity index (χ0v) is 13.8. The van der Waals surface area contributed by atoms with E-state index in [0.717, 1.165) is 17.6 Å². The van der Waals surface area contributed by atoms with Gasteiger partial charge in [0.05, 0.1) is 23.7 Å². The topological polar surface area (TPSA) is 67.0 Å². The Bertz CT molecular complexity index is 888. The lowest BCUT2D eigenvalue weighted by Crippen LogP contribution is -2.33. The van der Waals surface area contributed by atoms with Gasteiger partial charge in [0.15, 0.2) is 0 Å². The number of nitrogens with one attached hydrogen (secondary N) is 2. The van der Waals surface area contributed by atoms with Crippen molar-refractivity contribution < 1.29 is 22.7 Å². The smallest absolute Gasteiger partial charge is 0.416 e. The van der Waals surface area contributed by atoms with Crippen molar-refractivity contribution in [3.05, 3.63) is 59.7 Å². The van der Waals surface area contributed by atoms with E-state index in [1.807, 2.05) is 18.2 Å². The van der Waals surface area contributed by atoms with Crippen LogP contribution in [0.3, 0.4) is 0 Å². The summed E-state index contributed by atoms with van der Waals surface area (Å²) in [5, 5.41) is 2.90. The highest BCUT2D eigenvalue weighted by Gasteiger charge is 2.31. The van der Waals surface area contributed by atoms with E-state index < -0.39 is 23.8 Å². The van der Waals surface area contributed by atoms with Gasteiger partial charge in [-0.05, 0) is 23.8 Å². The fourth-order valence-corrected chi connectivity index (χ4v) is 2.63. The third-order valence-electron chi connectivity index (χ3n) is 3.88. The molecule has 1 unspecified atom stereocenters. The van der Waals surface area contributed by atoms with Crippen LogP contribution in [0.15, 0.2) is 48.5 Å². The van der Waals surface area contributed by atoms with Gasteiger partial charge in [0.1, 0.15) is 6.04 Å². The SMILES string of the molecule is COC(=O)C(Cc1cccc(C(F)(F)F)c1)Nc1nc2ccccc2[nH]1. The number of hydrogen-bond donors (Lipinski definition) is 2. The molecule has 0 amide bonds. The largest absolute Gasteiger partial charge is 0.467 e. The minimum atomic E-state index is -4.44. The summed E-state index contributed by atoms with van der Waals surface area (Å²) >= 11 is 0. The number of benzene rings is 2. The van der Waals surface area contributed by atoms with E-state index in [-0.39, 0.29) is 6.42 Å². The van der Waals surface area contributed by atoms with E-state index in [1.54, 1.807) is 6.07 Å². The van der Waals surface area contributed by atoms with Crippen LogP contribution in [0.2, 0.25) is 0 Å². The molecule has 1 aromatic heterocycles. The molecule has 5 nitrogen and oxygen atoms in total. The number of alkyl halides is 3. The van der Waals surface area contributed by atoms with Crippen molar-refractivity contribution in [2.45, 2.75) is 18.6 Å². The molecule has 0 saturated heterocycles. The quantitative estimate of drug-likeness (QED) is 0.677. The minimum Gasteiger partial charge on any atom is -0.467 e. The molecule has 0 bridgehead atoms. The third-order valence-corrected chi connectivity index (χ3v) is 3.88. The Balaban J connectivity index is 1.83. The summed E-state index contributed by atoms with van der Waals surface area (Å²) in [7, 11) is 1.22. The molecule has 2 N–H and O–H groups in total. The van der Waals surface area contributed by atoms with Gasteiger partial charge in [-0.2, -0.15) is 13.2 Å². The van der Waals surface area contributed by atoms with E-state index in [9.17, 15) is 18.0 Å². The van der Waals surface area contributed by atoms with Crippen molar-refractivity contribution in [3.63, 3.8) is 0 Å². The molecule has 1 heterocycles. The Labute approximate surface area is 147 Å². The molecule has 3 rings (SSSR count). The summed E-state index contributed by atoms with van der Waals surface area (Å²) in [4.78, 5) is 19.4. The van der Waals surface area contributed by atoms with Crippen molar-refractivity contribution >= 4 is 23.0 Å². The number of aromatic amines is 1. The molecular weight excluding hydrogens is 347 g/mol. The van der Waals surface area contributed by atoms with E-state index in [1.165, 1.54) is 19.2 Å². The van der Waals surface area contributed by atoms with E-state index in [0.29, 0.717) is 17.0 Å². The van der Waals surface area contributed by atoms with Gasteiger partial charge in [-0.25, -0.2) is 9.78 Å². The number of aromatic nitrogens is 2. The molecule has 1 atom stereocenters. The summed E-state index contributed by atoms with van der Waals surface area (Å²) in [5.74, 6) is -0.253. The molecule has 3 aromatic rings. The van der Waals surface area contributed by atoms with Crippen molar-refractivity contribution in [1.82, 2.24) is 9.97 Å². The molecule has 0 spiro atoms. The maximum Gasteiger partial charge on any atom is 0.416 e. The maximum atomic E-state index is 12.9. The van der Waals surface area contributed by atoms with Crippen LogP contribution in [0.4, 0.5) is 19.1 Å². The number of halogens is 3. The molecule has 0 aliphatic carbocycles. The number of H-pyrrole nitrogens is 1. The van der Waals surface area contributed by atoms with Gasteiger partial charge in [-0.3, -0.25) is 0 Å². The molecule has 8 heteroatoms. The first-order valence-electron chi connectivity index (χ1n) is 7.82. The number of imidazole rings is 1. The number of carbonyl (C=O) groups is 1. The van der Waals surface area contributed by atoms with E-state index in [2.05, 4.69) is 15.3 Å². The average molecular weight is 363 g/mol. The first-order chi connectivity index (χ1) is 12.4. The van der Waals surface area contributed by atoms with Crippen LogP contribution in [0, 0.1) is 0 Å². The monoisotopic (exact) mass is 363 g/mol. The highest BCUT2D eigenvalue weighted by molar-refractivity contribution is 5.81. The van der Waals surface area contributed by atoms with Gasteiger partial charge in [0, 0.05) is 6.42 Å². The predicted molar refractivity (Wildman–Crippen MR) is 90.7 cm³/mol. The zero-order chi connectivity index (χ0) is 18.7. The van der Waals surface area contributed by atoms with Gasteiger partial charge in [0.2, 0.25) is 5.95 Å². The summed E-state index contributed by atoms with van der Waals surface area (Å²) < 4.78 is 43.4. The van der Waals surface area contributed by atoms with Crippen molar-refractivity contribution in [3.8, 4) is 0 Å². The number of anilines is 1. The van der Waals surface area contributed by atoms with Crippen LogP contribution in [-0.4, -0.2) is 29.1 Å². The second-order valence-electron chi connectivity index (χ2n) is 5.72.